The Morgan fingerprint density at radius 2 is 1.93 bits per heavy atom. The van der Waals surface area contributed by atoms with E-state index in [0.717, 1.165) is 29.8 Å². The van der Waals surface area contributed by atoms with Crippen molar-refractivity contribution in [2.75, 3.05) is 0 Å². The molecular formula is C23H25N3O2S. The van der Waals surface area contributed by atoms with Gasteiger partial charge < -0.3 is 5.11 Å². The SMILES string of the molecule is CCC(C)C(CC=S)c1ncnn1Cc1ccc(-c2ccccc2C(=O)O)cc1. The summed E-state index contributed by atoms with van der Waals surface area (Å²) in [7, 11) is 0. The number of benzene rings is 2. The molecule has 3 aromatic rings. The predicted octanol–water partition coefficient (Wildman–Crippen LogP) is 5.21. The van der Waals surface area contributed by atoms with Gasteiger partial charge in [-0.3, -0.25) is 0 Å². The molecule has 1 N–H and O–H groups in total. The predicted molar refractivity (Wildman–Crippen MR) is 118 cm³/mol. The third-order valence-electron chi connectivity index (χ3n) is 5.41. The summed E-state index contributed by atoms with van der Waals surface area (Å²) in [4.78, 5) is 16.0. The topological polar surface area (TPSA) is 68.0 Å². The molecule has 0 aliphatic rings. The van der Waals surface area contributed by atoms with Gasteiger partial charge in [0.25, 0.3) is 0 Å². The highest BCUT2D eigenvalue weighted by molar-refractivity contribution is 7.78. The van der Waals surface area contributed by atoms with Crippen molar-refractivity contribution in [2.45, 2.75) is 39.2 Å². The van der Waals surface area contributed by atoms with Crippen LogP contribution >= 0.6 is 12.2 Å². The molecule has 1 heterocycles. The smallest absolute Gasteiger partial charge is 0.336 e. The Morgan fingerprint density at radius 3 is 2.59 bits per heavy atom. The van der Waals surface area contributed by atoms with E-state index in [1.165, 1.54) is 0 Å². The fourth-order valence-electron chi connectivity index (χ4n) is 3.55. The van der Waals surface area contributed by atoms with E-state index in [4.69, 9.17) is 12.2 Å². The fraction of sp³-hybridized carbons (Fsp3) is 0.304. The largest absolute Gasteiger partial charge is 0.478 e. The van der Waals surface area contributed by atoms with Crippen LogP contribution in [-0.2, 0) is 6.54 Å². The number of rotatable bonds is 9. The van der Waals surface area contributed by atoms with Gasteiger partial charge in [0.2, 0.25) is 0 Å². The third kappa shape index (κ3) is 4.77. The highest BCUT2D eigenvalue weighted by Crippen LogP contribution is 2.29. The monoisotopic (exact) mass is 407 g/mol. The van der Waals surface area contributed by atoms with Crippen molar-refractivity contribution < 1.29 is 9.90 Å². The molecule has 6 heteroatoms. The van der Waals surface area contributed by atoms with Crippen molar-refractivity contribution in [2.24, 2.45) is 5.92 Å². The van der Waals surface area contributed by atoms with Crippen molar-refractivity contribution in [3.05, 3.63) is 71.8 Å². The first-order chi connectivity index (χ1) is 14.0. The molecule has 1 aromatic heterocycles. The van der Waals surface area contributed by atoms with E-state index in [1.54, 1.807) is 23.8 Å². The zero-order valence-electron chi connectivity index (χ0n) is 16.7. The molecule has 0 radical (unpaired) electrons. The summed E-state index contributed by atoms with van der Waals surface area (Å²) < 4.78 is 1.94. The van der Waals surface area contributed by atoms with Crippen LogP contribution in [0.1, 0.15) is 54.4 Å². The second kappa shape index (κ2) is 9.56. The van der Waals surface area contributed by atoms with Crippen LogP contribution in [0.3, 0.4) is 0 Å². The number of carbonyl (C=O) groups is 1. The molecule has 2 aromatic carbocycles. The first-order valence-corrected chi connectivity index (χ1v) is 10.2. The lowest BCUT2D eigenvalue weighted by Gasteiger charge is -2.21. The van der Waals surface area contributed by atoms with Crippen LogP contribution in [0.5, 0.6) is 0 Å². The van der Waals surface area contributed by atoms with Gasteiger partial charge in [0.15, 0.2) is 0 Å². The molecule has 0 aliphatic heterocycles. The molecule has 0 spiro atoms. The number of hydrogen-bond donors (Lipinski definition) is 1. The molecule has 0 saturated carbocycles. The highest BCUT2D eigenvalue weighted by atomic mass is 32.1. The Bertz CT molecular complexity index is 982. The summed E-state index contributed by atoms with van der Waals surface area (Å²) in [5, 5.41) is 15.6. The van der Waals surface area contributed by atoms with E-state index >= 15 is 0 Å². The van der Waals surface area contributed by atoms with Gasteiger partial charge in [0, 0.05) is 5.92 Å². The molecule has 0 bridgehead atoms. The van der Waals surface area contributed by atoms with Gasteiger partial charge in [0.05, 0.1) is 12.1 Å². The number of hydrogen-bond acceptors (Lipinski definition) is 4. The first-order valence-electron chi connectivity index (χ1n) is 9.78. The minimum Gasteiger partial charge on any atom is -0.478 e. The van der Waals surface area contributed by atoms with Gasteiger partial charge in [-0.05, 0) is 40.5 Å². The quantitative estimate of drug-likeness (QED) is 0.493. The zero-order valence-corrected chi connectivity index (χ0v) is 17.5. The minimum atomic E-state index is -0.924. The summed E-state index contributed by atoms with van der Waals surface area (Å²) >= 11 is 5.11. The fourth-order valence-corrected chi connectivity index (χ4v) is 3.75. The first kappa shape index (κ1) is 20.9. The lowest BCUT2D eigenvalue weighted by Crippen LogP contribution is -2.17. The highest BCUT2D eigenvalue weighted by Gasteiger charge is 2.22. The standard InChI is InChI=1S/C23H25N3O2S/c1-3-16(2)19(12-13-29)22-24-15-25-26(22)14-17-8-10-18(11-9-17)20-6-4-5-7-21(20)23(27)28/h4-11,13,15-16,19H,3,12,14H2,1-2H3,(H,27,28). The molecule has 2 unspecified atom stereocenters. The van der Waals surface area contributed by atoms with Gasteiger partial charge in [0.1, 0.15) is 12.2 Å². The number of carboxylic acids is 1. The average Bonchev–Trinajstić information content (AvgIpc) is 3.19. The molecule has 0 fully saturated rings. The van der Waals surface area contributed by atoms with Crippen LogP contribution in [0, 0.1) is 5.92 Å². The van der Waals surface area contributed by atoms with Gasteiger partial charge in [-0.1, -0.05) is 75.0 Å². The molecule has 0 amide bonds. The minimum absolute atomic E-state index is 0.252. The molecule has 3 rings (SSSR count). The van der Waals surface area contributed by atoms with Crippen LogP contribution in [0.4, 0.5) is 0 Å². The normalized spacial score (nSPS) is 13.0. The Hall–Kier alpha value is -2.86. The summed E-state index contributed by atoms with van der Waals surface area (Å²) in [5.41, 5.74) is 2.98. The number of aromatic carboxylic acids is 1. The Balaban J connectivity index is 1.84. The lowest BCUT2D eigenvalue weighted by molar-refractivity contribution is 0.0697. The van der Waals surface area contributed by atoms with Gasteiger partial charge >= 0.3 is 5.97 Å². The molecule has 0 aliphatic carbocycles. The summed E-state index contributed by atoms with van der Waals surface area (Å²) in [6, 6.07) is 15.0. The van der Waals surface area contributed by atoms with E-state index in [0.29, 0.717) is 23.6 Å². The van der Waals surface area contributed by atoms with Crippen molar-refractivity contribution in [3.63, 3.8) is 0 Å². The van der Waals surface area contributed by atoms with E-state index in [2.05, 4.69) is 23.9 Å². The molecule has 29 heavy (non-hydrogen) atoms. The Kier molecular flexibility index (Phi) is 6.88. The number of aromatic nitrogens is 3. The van der Waals surface area contributed by atoms with Crippen LogP contribution < -0.4 is 0 Å². The van der Waals surface area contributed by atoms with E-state index in [-0.39, 0.29) is 5.92 Å². The molecule has 5 nitrogen and oxygen atoms in total. The van der Waals surface area contributed by atoms with Gasteiger partial charge in [-0.15, -0.1) is 0 Å². The maximum atomic E-state index is 11.5. The molecule has 0 saturated heterocycles. The summed E-state index contributed by atoms with van der Waals surface area (Å²) in [6.07, 6.45) is 3.46. The number of nitrogens with zero attached hydrogens (tertiary/aromatic N) is 3. The zero-order chi connectivity index (χ0) is 20.8. The second-order valence-corrected chi connectivity index (χ2v) is 7.55. The molecule has 2 atom stereocenters. The summed E-state index contributed by atoms with van der Waals surface area (Å²) in [6.45, 7) is 5.01. The van der Waals surface area contributed by atoms with Crippen LogP contribution in [0.15, 0.2) is 54.9 Å². The van der Waals surface area contributed by atoms with Crippen LogP contribution in [0.25, 0.3) is 11.1 Å². The maximum absolute atomic E-state index is 11.5. The Labute approximate surface area is 176 Å². The average molecular weight is 408 g/mol. The van der Waals surface area contributed by atoms with Crippen LogP contribution in [-0.4, -0.2) is 31.2 Å². The number of carboxylic acid groups (broad SMARTS) is 1. The van der Waals surface area contributed by atoms with E-state index in [9.17, 15) is 9.90 Å². The molecule has 150 valence electrons. The van der Waals surface area contributed by atoms with E-state index < -0.39 is 5.97 Å². The molecular weight excluding hydrogens is 382 g/mol. The van der Waals surface area contributed by atoms with Gasteiger partial charge in [-0.25, -0.2) is 14.5 Å². The van der Waals surface area contributed by atoms with Crippen molar-refractivity contribution in [3.8, 4) is 11.1 Å². The third-order valence-corrected chi connectivity index (χ3v) is 5.61. The van der Waals surface area contributed by atoms with Crippen LogP contribution in [0.2, 0.25) is 0 Å². The lowest BCUT2D eigenvalue weighted by atomic mass is 9.89. The summed E-state index contributed by atoms with van der Waals surface area (Å²) in [5.74, 6) is 0.751. The van der Waals surface area contributed by atoms with E-state index in [1.807, 2.05) is 41.1 Å². The van der Waals surface area contributed by atoms with Gasteiger partial charge in [-0.2, -0.15) is 5.10 Å². The van der Waals surface area contributed by atoms with Crippen molar-refractivity contribution in [1.82, 2.24) is 14.8 Å². The van der Waals surface area contributed by atoms with Crippen molar-refractivity contribution >= 4 is 23.6 Å². The number of thiocarbonyl (C=S) groups is 1. The maximum Gasteiger partial charge on any atom is 0.336 e. The van der Waals surface area contributed by atoms with Crippen molar-refractivity contribution in [1.29, 1.82) is 0 Å². The second-order valence-electron chi connectivity index (χ2n) is 7.22. The Morgan fingerprint density at radius 1 is 1.21 bits per heavy atom.